The summed E-state index contributed by atoms with van der Waals surface area (Å²) in [5, 5.41) is 16.1. The summed E-state index contributed by atoms with van der Waals surface area (Å²) < 4.78 is 16.0. The molecule has 0 radical (unpaired) electrons. The zero-order chi connectivity index (χ0) is 30.9. The number of carboxylic acids is 1. The molecule has 2 heterocycles. The van der Waals surface area contributed by atoms with E-state index in [0.29, 0.717) is 17.8 Å². The molecule has 0 spiro atoms. The second-order valence-corrected chi connectivity index (χ2v) is 12.8. The number of hydrogen-bond donors (Lipinski definition) is 2. The molecule has 6 nitrogen and oxygen atoms in total. The molecule has 2 N–H and O–H groups in total. The van der Waals surface area contributed by atoms with Crippen molar-refractivity contribution in [3.05, 3.63) is 88.5 Å². The number of nitrogens with one attached hydrogen (secondary N) is 1. The predicted molar refractivity (Wildman–Crippen MR) is 172 cm³/mol. The molecule has 1 saturated heterocycles. The topological polar surface area (TPSA) is 70.4 Å². The summed E-state index contributed by atoms with van der Waals surface area (Å²) in [5.41, 5.74) is 6.44. The summed E-state index contributed by atoms with van der Waals surface area (Å²) in [4.78, 5) is 13.0. The van der Waals surface area contributed by atoms with Crippen molar-refractivity contribution in [2.45, 2.75) is 90.6 Å². The highest BCUT2D eigenvalue weighted by Gasteiger charge is 2.32. The Labute approximate surface area is 257 Å². The van der Waals surface area contributed by atoms with Gasteiger partial charge in [0.05, 0.1) is 5.69 Å². The SMILES string of the molecule is CCn1nc(Cc2ccc(C)cc2)cc1C1CCN(CC2CCC[C@@H]2c2cccc(F)c2)CC1.CNC(C(=O)O)C(C)C. The van der Waals surface area contributed by atoms with Crippen LogP contribution in [0.1, 0.15) is 92.8 Å². The third kappa shape index (κ3) is 8.99. The summed E-state index contributed by atoms with van der Waals surface area (Å²) >= 11 is 0. The Morgan fingerprint density at radius 1 is 1.07 bits per heavy atom. The largest absolute Gasteiger partial charge is 0.480 e. The number of carbonyl (C=O) groups is 1. The van der Waals surface area contributed by atoms with Crippen molar-refractivity contribution in [1.82, 2.24) is 20.0 Å². The second-order valence-electron chi connectivity index (χ2n) is 12.8. The maximum absolute atomic E-state index is 13.8. The van der Waals surface area contributed by atoms with Crippen LogP contribution >= 0.6 is 0 Å². The van der Waals surface area contributed by atoms with Gasteiger partial charge in [0.15, 0.2) is 0 Å². The van der Waals surface area contributed by atoms with E-state index in [9.17, 15) is 9.18 Å². The van der Waals surface area contributed by atoms with E-state index in [1.165, 1.54) is 60.2 Å². The van der Waals surface area contributed by atoms with Crippen molar-refractivity contribution in [2.24, 2.45) is 11.8 Å². The fourth-order valence-electron chi connectivity index (χ4n) is 6.99. The van der Waals surface area contributed by atoms with Crippen molar-refractivity contribution < 1.29 is 14.3 Å². The van der Waals surface area contributed by atoms with Gasteiger partial charge in [0.2, 0.25) is 0 Å². The molecule has 1 aliphatic heterocycles. The van der Waals surface area contributed by atoms with Gasteiger partial charge in [0.1, 0.15) is 11.9 Å². The Morgan fingerprint density at radius 2 is 1.79 bits per heavy atom. The number of aromatic nitrogens is 2. The molecule has 2 unspecified atom stereocenters. The van der Waals surface area contributed by atoms with Crippen LogP contribution in [0.25, 0.3) is 0 Å². The first-order valence-electron chi connectivity index (χ1n) is 16.2. The second kappa shape index (κ2) is 15.6. The summed E-state index contributed by atoms with van der Waals surface area (Å²) in [6.07, 6.45) is 7.04. The maximum Gasteiger partial charge on any atom is 0.320 e. The average Bonchev–Trinajstić information content (AvgIpc) is 3.62. The minimum atomic E-state index is -0.785. The number of likely N-dealkylation sites (N-methyl/N-ethyl adjacent to an activating group) is 1. The molecule has 7 heteroatoms. The van der Waals surface area contributed by atoms with Crippen LogP contribution in [0.5, 0.6) is 0 Å². The minimum absolute atomic E-state index is 0.0988. The molecule has 2 aliphatic rings. The Kier molecular flexibility index (Phi) is 11.9. The molecule has 43 heavy (non-hydrogen) atoms. The number of rotatable bonds is 10. The molecule has 3 aromatic rings. The highest BCUT2D eigenvalue weighted by molar-refractivity contribution is 5.73. The summed E-state index contributed by atoms with van der Waals surface area (Å²) in [6, 6.07) is 18.1. The summed E-state index contributed by atoms with van der Waals surface area (Å²) in [5.74, 6) is 1.02. The first kappa shape index (κ1) is 32.9. The highest BCUT2D eigenvalue weighted by Crippen LogP contribution is 2.41. The Morgan fingerprint density at radius 3 is 2.37 bits per heavy atom. The zero-order valence-electron chi connectivity index (χ0n) is 26.7. The van der Waals surface area contributed by atoms with E-state index < -0.39 is 12.0 Å². The molecule has 1 aromatic heterocycles. The van der Waals surface area contributed by atoms with E-state index in [2.05, 4.69) is 65.1 Å². The lowest BCUT2D eigenvalue weighted by Gasteiger charge is -2.35. The number of likely N-dealkylation sites (tertiary alicyclic amines) is 1. The van der Waals surface area contributed by atoms with Crippen molar-refractivity contribution in [1.29, 1.82) is 0 Å². The van der Waals surface area contributed by atoms with Crippen LogP contribution < -0.4 is 5.32 Å². The predicted octanol–water partition coefficient (Wildman–Crippen LogP) is 7.02. The van der Waals surface area contributed by atoms with Crippen LogP contribution in [-0.4, -0.2) is 58.5 Å². The number of carboxylic acid groups (broad SMARTS) is 1. The van der Waals surface area contributed by atoms with Crippen molar-refractivity contribution in [3.8, 4) is 0 Å². The van der Waals surface area contributed by atoms with E-state index in [4.69, 9.17) is 10.2 Å². The zero-order valence-corrected chi connectivity index (χ0v) is 26.7. The van der Waals surface area contributed by atoms with Crippen LogP contribution in [0.15, 0.2) is 54.6 Å². The third-order valence-corrected chi connectivity index (χ3v) is 9.35. The van der Waals surface area contributed by atoms with Crippen LogP contribution in [0.2, 0.25) is 0 Å². The molecule has 2 fully saturated rings. The highest BCUT2D eigenvalue weighted by atomic mass is 19.1. The smallest absolute Gasteiger partial charge is 0.320 e. The van der Waals surface area contributed by atoms with Crippen molar-refractivity contribution in [3.63, 3.8) is 0 Å². The monoisotopic (exact) mass is 590 g/mol. The van der Waals surface area contributed by atoms with E-state index in [1.807, 2.05) is 19.9 Å². The number of benzene rings is 2. The minimum Gasteiger partial charge on any atom is -0.480 e. The third-order valence-electron chi connectivity index (χ3n) is 9.35. The number of hydrogen-bond acceptors (Lipinski definition) is 4. The van der Waals surface area contributed by atoms with Crippen molar-refractivity contribution in [2.75, 3.05) is 26.7 Å². The lowest BCUT2D eigenvalue weighted by Crippen LogP contribution is -2.38. The molecule has 0 amide bonds. The number of aryl methyl sites for hydroxylation is 2. The fraction of sp³-hybridized carbons (Fsp3) is 0.556. The number of halogens is 1. The summed E-state index contributed by atoms with van der Waals surface area (Å²) in [6.45, 7) is 12.5. The molecule has 2 aromatic carbocycles. The summed E-state index contributed by atoms with van der Waals surface area (Å²) in [7, 11) is 1.65. The van der Waals surface area contributed by atoms with Gasteiger partial charge in [-0.2, -0.15) is 5.10 Å². The molecular weight excluding hydrogens is 539 g/mol. The van der Waals surface area contributed by atoms with Gasteiger partial charge >= 0.3 is 5.97 Å². The van der Waals surface area contributed by atoms with Crippen LogP contribution in [0.4, 0.5) is 4.39 Å². The lowest BCUT2D eigenvalue weighted by atomic mass is 9.87. The molecule has 234 valence electrons. The molecule has 3 atom stereocenters. The van der Waals surface area contributed by atoms with E-state index in [1.54, 1.807) is 19.2 Å². The van der Waals surface area contributed by atoms with Crippen molar-refractivity contribution >= 4 is 5.97 Å². The Balaban J connectivity index is 0.000000410. The fourth-order valence-corrected chi connectivity index (χ4v) is 6.99. The van der Waals surface area contributed by atoms with E-state index >= 15 is 0 Å². The molecule has 1 saturated carbocycles. The maximum atomic E-state index is 13.8. The number of nitrogens with zero attached hydrogens (tertiary/aromatic N) is 3. The van der Waals surface area contributed by atoms with Crippen LogP contribution in [0.3, 0.4) is 0 Å². The lowest BCUT2D eigenvalue weighted by molar-refractivity contribution is -0.140. The molecular formula is C36H51FN4O2. The Bertz CT molecular complexity index is 1300. The van der Waals surface area contributed by atoms with Gasteiger partial charge in [-0.15, -0.1) is 0 Å². The molecule has 1 aliphatic carbocycles. The quantitative estimate of drug-likeness (QED) is 0.266. The van der Waals surface area contributed by atoms with Gasteiger partial charge < -0.3 is 15.3 Å². The first-order chi connectivity index (χ1) is 20.7. The number of aliphatic carboxylic acids is 1. The van der Waals surface area contributed by atoms with Gasteiger partial charge in [0, 0.05) is 31.1 Å². The van der Waals surface area contributed by atoms with Gasteiger partial charge in [-0.3, -0.25) is 9.48 Å². The van der Waals surface area contributed by atoms with Gasteiger partial charge in [-0.05, 0) is 107 Å². The Hall–Kier alpha value is -3.03. The average molecular weight is 591 g/mol. The first-order valence-corrected chi connectivity index (χ1v) is 16.2. The van der Waals surface area contributed by atoms with Crippen LogP contribution in [0, 0.1) is 24.6 Å². The normalized spacial score (nSPS) is 20.2. The standard InChI is InChI=1S/C30H38FN3.C6H13NO2/c1-3-34-30(20-28(32-34)18-23-12-10-22(2)11-13-23)24-14-16-33(17-15-24)21-26-7-5-9-29(26)25-6-4-8-27(31)19-25;1-4(2)5(7-3)6(8)9/h4,6,8,10-13,19-20,24,26,29H,3,5,7,9,14-18,21H2,1-2H3;4-5,7H,1-3H3,(H,8,9)/t26?,29-;/m1./s1. The van der Waals surface area contributed by atoms with E-state index in [0.717, 1.165) is 32.6 Å². The van der Waals surface area contributed by atoms with Gasteiger partial charge in [-0.25, -0.2) is 4.39 Å². The van der Waals surface area contributed by atoms with Gasteiger partial charge in [0.25, 0.3) is 0 Å². The number of piperidine rings is 1. The molecule has 5 rings (SSSR count). The molecule has 0 bridgehead atoms. The van der Waals surface area contributed by atoms with Gasteiger partial charge in [-0.1, -0.05) is 62.2 Å². The van der Waals surface area contributed by atoms with Crippen LogP contribution in [-0.2, 0) is 17.8 Å². The van der Waals surface area contributed by atoms with E-state index in [-0.39, 0.29) is 11.7 Å².